The van der Waals surface area contributed by atoms with Crippen LogP contribution in [0.3, 0.4) is 0 Å². The highest BCUT2D eigenvalue weighted by Crippen LogP contribution is 2.18. The molecule has 1 aliphatic rings. The monoisotopic (exact) mass is 251 g/mol. The Hall–Kier alpha value is -1.02. The largest absolute Gasteiger partial charge is 0.349 e. The van der Waals surface area contributed by atoms with Gasteiger partial charge in [-0.2, -0.15) is 0 Å². The van der Waals surface area contributed by atoms with Crippen LogP contribution in [0.2, 0.25) is 0 Å². The average Bonchev–Trinajstić information content (AvgIpc) is 2.40. The number of alkyl halides is 1. The number of nitrogens with one attached hydrogen (secondary N) is 1. The third-order valence-corrected chi connectivity index (χ3v) is 3.62. The van der Waals surface area contributed by atoms with E-state index in [1.165, 1.54) is 19.3 Å². The Labute approximate surface area is 107 Å². The summed E-state index contributed by atoms with van der Waals surface area (Å²) < 4.78 is 0. The van der Waals surface area contributed by atoms with Crippen LogP contribution >= 0.6 is 11.6 Å². The summed E-state index contributed by atoms with van der Waals surface area (Å²) in [6, 6.07) is 7.86. The Morgan fingerprint density at radius 3 is 2.41 bits per heavy atom. The van der Waals surface area contributed by atoms with Crippen LogP contribution in [0.25, 0.3) is 0 Å². The van der Waals surface area contributed by atoms with Crippen molar-refractivity contribution in [2.24, 2.45) is 0 Å². The number of carbonyl (C=O) groups is 1. The molecule has 1 aromatic rings. The molecule has 1 aliphatic carbocycles. The van der Waals surface area contributed by atoms with Crippen LogP contribution in [0.5, 0.6) is 0 Å². The lowest BCUT2D eigenvalue weighted by Gasteiger charge is -2.22. The Balaban J connectivity index is 1.93. The summed E-state index contributed by atoms with van der Waals surface area (Å²) in [5.74, 6) is 0.530. The van der Waals surface area contributed by atoms with Crippen LogP contribution in [0, 0.1) is 0 Å². The van der Waals surface area contributed by atoms with Crippen LogP contribution in [0.1, 0.15) is 48.0 Å². The molecule has 2 rings (SSSR count). The van der Waals surface area contributed by atoms with E-state index in [2.05, 4.69) is 5.32 Å². The van der Waals surface area contributed by atoms with Gasteiger partial charge in [0.15, 0.2) is 0 Å². The molecule has 0 heterocycles. The maximum absolute atomic E-state index is 12.0. The molecule has 0 radical (unpaired) electrons. The van der Waals surface area contributed by atoms with Gasteiger partial charge in [0.1, 0.15) is 0 Å². The van der Waals surface area contributed by atoms with Gasteiger partial charge in [0.25, 0.3) is 5.91 Å². The minimum absolute atomic E-state index is 0.0398. The van der Waals surface area contributed by atoms with Gasteiger partial charge in [0, 0.05) is 17.5 Å². The predicted octanol–water partition coefficient (Wildman–Crippen LogP) is 3.49. The fraction of sp³-hybridized carbons (Fsp3) is 0.500. The van der Waals surface area contributed by atoms with Gasteiger partial charge < -0.3 is 5.32 Å². The van der Waals surface area contributed by atoms with Crippen LogP contribution < -0.4 is 5.32 Å². The second-order valence-electron chi connectivity index (χ2n) is 4.64. The summed E-state index contributed by atoms with van der Waals surface area (Å²) in [5.41, 5.74) is 1.77. The third kappa shape index (κ3) is 3.47. The second kappa shape index (κ2) is 6.06. The topological polar surface area (TPSA) is 29.1 Å². The van der Waals surface area contributed by atoms with Crippen LogP contribution in [-0.2, 0) is 5.88 Å². The normalized spacial score (nSPS) is 16.8. The lowest BCUT2D eigenvalue weighted by Crippen LogP contribution is -2.36. The van der Waals surface area contributed by atoms with Crippen molar-refractivity contribution in [1.82, 2.24) is 5.32 Å². The summed E-state index contributed by atoms with van der Waals surface area (Å²) >= 11 is 5.71. The molecule has 1 fully saturated rings. The Kier molecular flexibility index (Phi) is 4.43. The second-order valence-corrected chi connectivity index (χ2v) is 4.91. The summed E-state index contributed by atoms with van der Waals surface area (Å²) in [5, 5.41) is 3.10. The minimum atomic E-state index is 0.0398. The molecule has 0 atom stereocenters. The fourth-order valence-electron chi connectivity index (χ4n) is 2.26. The maximum Gasteiger partial charge on any atom is 0.251 e. The van der Waals surface area contributed by atoms with E-state index in [9.17, 15) is 4.79 Å². The fourth-order valence-corrected chi connectivity index (χ4v) is 2.44. The van der Waals surface area contributed by atoms with Crippen molar-refractivity contribution in [2.75, 3.05) is 0 Å². The highest BCUT2D eigenvalue weighted by molar-refractivity contribution is 6.17. The Bertz CT molecular complexity index is 368. The first-order valence-electron chi connectivity index (χ1n) is 6.25. The van der Waals surface area contributed by atoms with Gasteiger partial charge in [0.05, 0.1) is 0 Å². The number of hydrogen-bond donors (Lipinski definition) is 1. The molecule has 17 heavy (non-hydrogen) atoms. The van der Waals surface area contributed by atoms with Gasteiger partial charge >= 0.3 is 0 Å². The molecule has 0 unspecified atom stereocenters. The van der Waals surface area contributed by atoms with Crippen molar-refractivity contribution in [3.63, 3.8) is 0 Å². The number of benzene rings is 1. The molecule has 92 valence electrons. The molecule has 1 saturated carbocycles. The zero-order chi connectivity index (χ0) is 12.1. The van der Waals surface area contributed by atoms with E-state index < -0.39 is 0 Å². The van der Waals surface area contributed by atoms with Gasteiger partial charge in [-0.25, -0.2) is 0 Å². The molecule has 0 aliphatic heterocycles. The van der Waals surface area contributed by atoms with Crippen molar-refractivity contribution in [3.8, 4) is 0 Å². The van der Waals surface area contributed by atoms with Gasteiger partial charge in [-0.3, -0.25) is 4.79 Å². The number of hydrogen-bond acceptors (Lipinski definition) is 1. The van der Waals surface area contributed by atoms with Crippen molar-refractivity contribution in [3.05, 3.63) is 35.4 Å². The van der Waals surface area contributed by atoms with Gasteiger partial charge in [0.2, 0.25) is 0 Å². The van der Waals surface area contributed by atoms with E-state index in [4.69, 9.17) is 11.6 Å². The van der Waals surface area contributed by atoms with E-state index in [0.717, 1.165) is 24.0 Å². The molecular formula is C14H18ClNO. The van der Waals surface area contributed by atoms with E-state index in [-0.39, 0.29) is 5.91 Å². The van der Waals surface area contributed by atoms with E-state index in [1.807, 2.05) is 24.3 Å². The molecule has 0 saturated heterocycles. The molecule has 1 amide bonds. The first kappa shape index (κ1) is 12.4. The van der Waals surface area contributed by atoms with Crippen molar-refractivity contribution in [1.29, 1.82) is 0 Å². The lowest BCUT2D eigenvalue weighted by molar-refractivity contribution is 0.0927. The average molecular weight is 252 g/mol. The molecule has 0 spiro atoms. The molecule has 2 nitrogen and oxygen atoms in total. The van der Waals surface area contributed by atoms with Crippen molar-refractivity contribution in [2.45, 2.75) is 44.0 Å². The Morgan fingerprint density at radius 1 is 1.18 bits per heavy atom. The first-order valence-corrected chi connectivity index (χ1v) is 6.79. The van der Waals surface area contributed by atoms with E-state index in [1.54, 1.807) is 0 Å². The van der Waals surface area contributed by atoms with E-state index >= 15 is 0 Å². The van der Waals surface area contributed by atoms with Crippen LogP contribution in [-0.4, -0.2) is 11.9 Å². The highest BCUT2D eigenvalue weighted by Gasteiger charge is 2.16. The standard InChI is InChI=1S/C14H18ClNO/c15-10-11-6-8-12(9-7-11)14(17)16-13-4-2-1-3-5-13/h6-9,13H,1-5,10H2,(H,16,17). The van der Waals surface area contributed by atoms with Gasteiger partial charge in [-0.15, -0.1) is 11.6 Å². The number of halogens is 1. The van der Waals surface area contributed by atoms with Crippen LogP contribution in [0.4, 0.5) is 0 Å². The van der Waals surface area contributed by atoms with Crippen molar-refractivity contribution < 1.29 is 4.79 Å². The summed E-state index contributed by atoms with van der Waals surface area (Å²) in [7, 11) is 0. The maximum atomic E-state index is 12.0. The summed E-state index contributed by atoms with van der Waals surface area (Å²) in [6.07, 6.45) is 6.00. The highest BCUT2D eigenvalue weighted by atomic mass is 35.5. The minimum Gasteiger partial charge on any atom is -0.349 e. The van der Waals surface area contributed by atoms with Crippen LogP contribution in [0.15, 0.2) is 24.3 Å². The lowest BCUT2D eigenvalue weighted by atomic mass is 9.95. The van der Waals surface area contributed by atoms with Gasteiger partial charge in [-0.05, 0) is 30.5 Å². The zero-order valence-electron chi connectivity index (χ0n) is 9.92. The number of rotatable bonds is 3. The van der Waals surface area contributed by atoms with Gasteiger partial charge in [-0.1, -0.05) is 31.4 Å². The molecule has 0 bridgehead atoms. The molecule has 1 aromatic carbocycles. The first-order chi connectivity index (χ1) is 8.29. The van der Waals surface area contributed by atoms with E-state index in [0.29, 0.717) is 11.9 Å². The Morgan fingerprint density at radius 2 is 1.82 bits per heavy atom. The SMILES string of the molecule is O=C(NC1CCCCC1)c1ccc(CCl)cc1. The molecule has 1 N–H and O–H groups in total. The predicted molar refractivity (Wildman–Crippen MR) is 70.3 cm³/mol. The smallest absolute Gasteiger partial charge is 0.251 e. The van der Waals surface area contributed by atoms with Crippen molar-refractivity contribution >= 4 is 17.5 Å². The summed E-state index contributed by atoms with van der Waals surface area (Å²) in [4.78, 5) is 12.0. The zero-order valence-corrected chi connectivity index (χ0v) is 10.7. The quantitative estimate of drug-likeness (QED) is 0.819. The third-order valence-electron chi connectivity index (χ3n) is 3.31. The molecule has 3 heteroatoms. The number of carbonyl (C=O) groups excluding carboxylic acids is 1. The molecule has 0 aromatic heterocycles. The molecular weight excluding hydrogens is 234 g/mol. The summed E-state index contributed by atoms with van der Waals surface area (Å²) in [6.45, 7) is 0. The number of amides is 1.